The van der Waals surface area contributed by atoms with E-state index < -0.39 is 17.6 Å². The van der Waals surface area contributed by atoms with Gasteiger partial charge in [0.2, 0.25) is 0 Å². The summed E-state index contributed by atoms with van der Waals surface area (Å²) in [6.45, 7) is 1.52. The van der Waals surface area contributed by atoms with Gasteiger partial charge in [-0.15, -0.1) is 0 Å². The minimum absolute atomic E-state index is 0.180. The maximum absolute atomic E-state index is 13.5. The van der Waals surface area contributed by atoms with E-state index in [9.17, 15) is 17.6 Å². The van der Waals surface area contributed by atoms with Gasteiger partial charge >= 0.3 is 6.18 Å². The molecule has 0 heterocycles. The zero-order valence-corrected chi connectivity index (χ0v) is 11.1. The fourth-order valence-electron chi connectivity index (χ4n) is 1.79. The molecule has 6 heteroatoms. The predicted molar refractivity (Wildman–Crippen MR) is 73.7 cm³/mol. The number of hydrogen-bond donors (Lipinski definition) is 1. The van der Waals surface area contributed by atoms with E-state index in [0.717, 1.165) is 6.07 Å². The lowest BCUT2D eigenvalue weighted by Crippen LogP contribution is -2.09. The third kappa shape index (κ3) is 3.59. The van der Waals surface area contributed by atoms with E-state index in [1.54, 1.807) is 6.07 Å². The van der Waals surface area contributed by atoms with Crippen molar-refractivity contribution in [1.82, 2.24) is 0 Å². The van der Waals surface area contributed by atoms with Crippen molar-refractivity contribution in [2.24, 2.45) is 5.10 Å². The zero-order chi connectivity index (χ0) is 15.5. The number of anilines is 1. The summed E-state index contributed by atoms with van der Waals surface area (Å²) in [6.07, 6.45) is -4.48. The van der Waals surface area contributed by atoms with Gasteiger partial charge in [-0.2, -0.15) is 18.3 Å². The monoisotopic (exact) mass is 296 g/mol. The van der Waals surface area contributed by atoms with E-state index in [-0.39, 0.29) is 17.0 Å². The lowest BCUT2D eigenvalue weighted by molar-refractivity contribution is -0.136. The molecule has 0 spiro atoms. The molecule has 0 saturated carbocycles. The van der Waals surface area contributed by atoms with Crippen molar-refractivity contribution in [2.45, 2.75) is 13.1 Å². The SMILES string of the molecule is C/C(=N\Nc1ccccc1C(F)(F)F)c1ccccc1F. The van der Waals surface area contributed by atoms with Crippen molar-refractivity contribution >= 4 is 11.4 Å². The number of nitrogens with zero attached hydrogens (tertiary/aromatic N) is 1. The Balaban J connectivity index is 2.28. The summed E-state index contributed by atoms with van der Waals surface area (Å²) in [5.74, 6) is -0.482. The van der Waals surface area contributed by atoms with Crippen LogP contribution in [0, 0.1) is 5.82 Å². The molecular formula is C15H12F4N2. The van der Waals surface area contributed by atoms with Crippen LogP contribution in [0.4, 0.5) is 23.2 Å². The Kier molecular flexibility index (Phi) is 4.26. The van der Waals surface area contributed by atoms with Gasteiger partial charge in [-0.25, -0.2) is 4.39 Å². The topological polar surface area (TPSA) is 24.4 Å². The molecule has 0 bridgehead atoms. The van der Waals surface area contributed by atoms with Crippen LogP contribution in [0.15, 0.2) is 53.6 Å². The van der Waals surface area contributed by atoms with Crippen molar-refractivity contribution in [1.29, 1.82) is 0 Å². The molecule has 2 rings (SSSR count). The molecule has 0 radical (unpaired) electrons. The van der Waals surface area contributed by atoms with Crippen LogP contribution in [0.1, 0.15) is 18.1 Å². The number of nitrogens with one attached hydrogen (secondary N) is 1. The molecule has 2 aromatic carbocycles. The Morgan fingerprint density at radius 2 is 1.62 bits per heavy atom. The third-order valence-corrected chi connectivity index (χ3v) is 2.84. The molecule has 0 aliphatic heterocycles. The van der Waals surface area contributed by atoms with Crippen LogP contribution < -0.4 is 5.43 Å². The highest BCUT2D eigenvalue weighted by atomic mass is 19.4. The van der Waals surface area contributed by atoms with Gasteiger partial charge in [0.1, 0.15) is 5.82 Å². The highest BCUT2D eigenvalue weighted by Gasteiger charge is 2.33. The van der Waals surface area contributed by atoms with Gasteiger partial charge in [-0.3, -0.25) is 5.43 Å². The lowest BCUT2D eigenvalue weighted by atomic mass is 10.1. The smallest absolute Gasteiger partial charge is 0.278 e. The van der Waals surface area contributed by atoms with Crippen molar-refractivity contribution in [3.8, 4) is 0 Å². The molecule has 0 atom stereocenters. The molecule has 0 amide bonds. The van der Waals surface area contributed by atoms with E-state index >= 15 is 0 Å². The molecule has 2 aromatic rings. The van der Waals surface area contributed by atoms with Gasteiger partial charge in [-0.1, -0.05) is 30.3 Å². The number of hydrazone groups is 1. The molecule has 0 aliphatic rings. The number of rotatable bonds is 3. The van der Waals surface area contributed by atoms with E-state index in [1.807, 2.05) is 0 Å². The van der Waals surface area contributed by atoms with E-state index in [1.165, 1.54) is 43.3 Å². The summed E-state index contributed by atoms with van der Waals surface area (Å²) >= 11 is 0. The van der Waals surface area contributed by atoms with Crippen LogP contribution >= 0.6 is 0 Å². The third-order valence-electron chi connectivity index (χ3n) is 2.84. The summed E-state index contributed by atoms with van der Waals surface area (Å²) < 4.78 is 52.0. The molecule has 0 aliphatic carbocycles. The van der Waals surface area contributed by atoms with Crippen molar-refractivity contribution < 1.29 is 17.6 Å². The van der Waals surface area contributed by atoms with E-state index in [2.05, 4.69) is 10.5 Å². The molecule has 0 aromatic heterocycles. The predicted octanol–water partition coefficient (Wildman–Crippen LogP) is 4.68. The van der Waals surface area contributed by atoms with Crippen LogP contribution in [-0.2, 0) is 6.18 Å². The first-order valence-corrected chi connectivity index (χ1v) is 6.11. The van der Waals surface area contributed by atoms with Crippen LogP contribution in [0.2, 0.25) is 0 Å². The number of halogens is 4. The maximum atomic E-state index is 13.5. The van der Waals surface area contributed by atoms with E-state index in [0.29, 0.717) is 0 Å². The second kappa shape index (κ2) is 5.95. The Hall–Kier alpha value is -2.37. The molecule has 0 unspecified atom stereocenters. The highest BCUT2D eigenvalue weighted by molar-refractivity contribution is 5.99. The lowest BCUT2D eigenvalue weighted by Gasteiger charge is -2.12. The zero-order valence-electron chi connectivity index (χ0n) is 11.1. The Labute approximate surface area is 119 Å². The first kappa shape index (κ1) is 15.0. The molecule has 0 saturated heterocycles. The van der Waals surface area contributed by atoms with Gasteiger partial charge in [0.25, 0.3) is 0 Å². The minimum Gasteiger partial charge on any atom is -0.278 e. The second-order valence-corrected chi connectivity index (χ2v) is 4.33. The average Bonchev–Trinajstić information content (AvgIpc) is 2.44. The molecule has 110 valence electrons. The number of benzene rings is 2. The number of hydrogen-bond acceptors (Lipinski definition) is 2. The maximum Gasteiger partial charge on any atom is 0.418 e. The molecule has 1 N–H and O–H groups in total. The average molecular weight is 296 g/mol. The minimum atomic E-state index is -4.48. The largest absolute Gasteiger partial charge is 0.418 e. The van der Waals surface area contributed by atoms with Crippen LogP contribution in [0.5, 0.6) is 0 Å². The molecule has 2 nitrogen and oxygen atoms in total. The Morgan fingerprint density at radius 3 is 2.29 bits per heavy atom. The van der Waals surface area contributed by atoms with E-state index in [4.69, 9.17) is 0 Å². The van der Waals surface area contributed by atoms with Crippen LogP contribution in [0.25, 0.3) is 0 Å². The molecule has 0 fully saturated rings. The Bertz CT molecular complexity index is 663. The standard InChI is InChI=1S/C15H12F4N2/c1-10(11-6-2-4-8-13(11)16)20-21-14-9-5-3-7-12(14)15(17,18)19/h2-9,21H,1H3/b20-10+. The van der Waals surface area contributed by atoms with Crippen molar-refractivity contribution in [3.05, 3.63) is 65.5 Å². The van der Waals surface area contributed by atoms with Gasteiger partial charge in [0.15, 0.2) is 0 Å². The summed E-state index contributed by atoms with van der Waals surface area (Å²) in [6, 6.07) is 10.9. The number of para-hydroxylation sites is 1. The summed E-state index contributed by atoms with van der Waals surface area (Å²) in [4.78, 5) is 0. The van der Waals surface area contributed by atoms with Crippen molar-refractivity contribution in [2.75, 3.05) is 5.43 Å². The first-order chi connectivity index (χ1) is 9.89. The summed E-state index contributed by atoms with van der Waals surface area (Å²) in [5.41, 5.74) is 1.83. The Morgan fingerprint density at radius 1 is 1.00 bits per heavy atom. The first-order valence-electron chi connectivity index (χ1n) is 6.11. The number of alkyl halides is 3. The van der Waals surface area contributed by atoms with Crippen LogP contribution in [-0.4, -0.2) is 5.71 Å². The van der Waals surface area contributed by atoms with Gasteiger partial charge in [-0.05, 0) is 25.1 Å². The summed E-state index contributed by atoms with van der Waals surface area (Å²) in [7, 11) is 0. The fourth-order valence-corrected chi connectivity index (χ4v) is 1.79. The van der Waals surface area contributed by atoms with Gasteiger partial charge < -0.3 is 0 Å². The highest BCUT2D eigenvalue weighted by Crippen LogP contribution is 2.34. The quantitative estimate of drug-likeness (QED) is 0.496. The van der Waals surface area contributed by atoms with Gasteiger partial charge in [0, 0.05) is 5.56 Å². The normalized spacial score (nSPS) is 12.3. The second-order valence-electron chi connectivity index (χ2n) is 4.33. The molecule has 21 heavy (non-hydrogen) atoms. The molecular weight excluding hydrogens is 284 g/mol. The summed E-state index contributed by atoms with van der Waals surface area (Å²) in [5, 5.41) is 3.83. The van der Waals surface area contributed by atoms with Crippen molar-refractivity contribution in [3.63, 3.8) is 0 Å². The van der Waals surface area contributed by atoms with Gasteiger partial charge in [0.05, 0.1) is 17.0 Å². The fraction of sp³-hybridized carbons (Fsp3) is 0.133. The van der Waals surface area contributed by atoms with Crippen LogP contribution in [0.3, 0.4) is 0 Å².